The fourth-order valence-corrected chi connectivity index (χ4v) is 25.1. The summed E-state index contributed by atoms with van der Waals surface area (Å²) in [6, 6.07) is 22.3. The molecule has 5 aliphatic carbocycles. The summed E-state index contributed by atoms with van der Waals surface area (Å²) in [4.78, 5) is 48.5. The summed E-state index contributed by atoms with van der Waals surface area (Å²) in [6.45, 7) is 27.7. The molecule has 9 aliphatic rings. The van der Waals surface area contributed by atoms with Gasteiger partial charge in [-0.25, -0.2) is 24.9 Å². The lowest BCUT2D eigenvalue weighted by Gasteiger charge is -2.31. The number of benzene rings is 5. The molecule has 0 atom stereocenters. The van der Waals surface area contributed by atoms with Crippen LogP contribution in [0, 0.1) is 40.5 Å². The van der Waals surface area contributed by atoms with Gasteiger partial charge in [-0.1, -0.05) is 59.3 Å². The number of carbonyl (C=O) groups excluding carboxylic acids is 1. The number of fused-ring (bicyclic) bond motifs is 17. The fraction of sp³-hybridized carbons (Fsp3) is 0.431. The quantitative estimate of drug-likeness (QED) is 0.0481. The molecule has 4 saturated carbocycles. The minimum atomic E-state index is -0.0295. The summed E-state index contributed by atoms with van der Waals surface area (Å²) < 4.78 is 0. The van der Waals surface area contributed by atoms with Crippen molar-refractivity contribution in [1.82, 2.24) is 132 Å². The highest BCUT2D eigenvalue weighted by Crippen LogP contribution is 2.52. The summed E-state index contributed by atoms with van der Waals surface area (Å²) in [5.74, 6) is 2.62. The number of nitrogens with zero attached hydrogens (tertiary/aromatic N) is 19. The van der Waals surface area contributed by atoms with Crippen molar-refractivity contribution in [1.29, 1.82) is 0 Å². The maximum absolute atomic E-state index is 12.4. The van der Waals surface area contributed by atoms with Gasteiger partial charge in [-0.2, -0.15) is 51.0 Å². The Hall–Kier alpha value is -14.8. The Balaban J connectivity index is 0.0000000961. The van der Waals surface area contributed by atoms with Crippen LogP contribution in [-0.4, -0.2) is 198 Å². The van der Waals surface area contributed by atoms with Crippen molar-refractivity contribution in [2.24, 2.45) is 5.92 Å². The highest BCUT2D eigenvalue weighted by Gasteiger charge is 2.36. The Bertz CT molecular complexity index is 8340. The van der Waals surface area contributed by atoms with Crippen LogP contribution in [0.1, 0.15) is 261 Å². The van der Waals surface area contributed by atoms with Crippen molar-refractivity contribution in [3.63, 3.8) is 0 Å². The third-order valence-electron chi connectivity index (χ3n) is 33.5. The van der Waals surface area contributed by atoms with Crippen molar-refractivity contribution in [2.45, 2.75) is 252 Å². The van der Waals surface area contributed by atoms with Crippen LogP contribution < -0.4 is 30.2 Å². The summed E-state index contributed by atoms with van der Waals surface area (Å²) in [6.07, 6.45) is 50.5. The highest BCUT2D eigenvalue weighted by atomic mass is 16.2. The van der Waals surface area contributed by atoms with Crippen LogP contribution in [0.4, 0.5) is 28.6 Å². The third kappa shape index (κ3) is 17.7. The van der Waals surface area contributed by atoms with Crippen LogP contribution in [-0.2, 0) is 23.1 Å². The second-order valence-electron chi connectivity index (χ2n) is 44.1. The topological polar surface area (TPSA) is 405 Å². The molecule has 1 amide bonds. The standard InChI is InChI=1S/C24H29N7.C24H28N6.C23H26N6.C23H28N6.C22H22N6O/c1-15-18(13-26-29-15)20-11-17(16-5-3-2-4-6-16)23-19-14-27-30-21(19)12-22(24(23)28-20)31-9-7-25-8-10-31;1-15-18(13-25-28-15)20-11-17(16-7-3-4-8-16)23-19-14-26-29-21(19)12-22(24(23)27-20)30-9-5-2-6-10-30;1-14-17(12-24-27-14)19-10-16(15-6-5-7-15)22-18-13-25-28-20(18)11-21(23(22)26-19)29-8-3-2-4-9-29;1-14-15(12-24-27-14)18-10-17(23(2,3)4)21-16-13-25-28-19(16)11-20(22(21)26-18)29-8-6-5-7-9-29;1-11-15(10-23-26-11)20-14-5-3-2-4-13(14)18-16(24-20)8-9-17-19(18)21(28-27-17)25-22(29)12-6-7-12/h11-14,16,25H,2-10H2,1H3,(H,26,29)(H,27,30);11-14,16H,2-10H2,1H3,(H,25,28)(H,26,29);10-13,15H,2-9H2,1H3,(H,24,27)(H,25,28);10-13H,5-9H2,1-4H3,(H,24,27)(H,25,28);8-10,12H,2-7H2,1H3,(H,23,26)(H2,25,27,28,29). The van der Waals surface area contributed by atoms with Gasteiger partial charge in [-0.15, -0.1) is 0 Å². The minimum Gasteiger partial charge on any atom is -0.370 e. The van der Waals surface area contributed by atoms with Crippen LogP contribution in [0.2, 0.25) is 0 Å². The van der Waals surface area contributed by atoms with Crippen LogP contribution in [0.15, 0.2) is 116 Å². The first kappa shape index (κ1) is 94.2. The van der Waals surface area contributed by atoms with Crippen molar-refractivity contribution in [2.75, 3.05) is 90.4 Å². The van der Waals surface area contributed by atoms with E-state index in [2.05, 4.69) is 235 Å². The summed E-state index contributed by atoms with van der Waals surface area (Å²) >= 11 is 0. The zero-order chi connectivity index (χ0) is 99.9. The number of pyridine rings is 5. The predicted molar refractivity (Wildman–Crippen MR) is 592 cm³/mol. The van der Waals surface area contributed by atoms with Gasteiger partial charge in [0.1, 0.15) is 0 Å². The molecule has 8 fully saturated rings. The van der Waals surface area contributed by atoms with Crippen molar-refractivity contribution in [3.05, 3.63) is 178 Å². The predicted octanol–water partition coefficient (Wildman–Crippen LogP) is 23.9. The lowest BCUT2D eigenvalue weighted by atomic mass is 9.78. The largest absolute Gasteiger partial charge is 0.370 e. The highest BCUT2D eigenvalue weighted by molar-refractivity contribution is 6.18. The number of anilines is 5. The molecule has 5 aromatic carbocycles. The Morgan fingerprint density at radius 2 is 0.676 bits per heavy atom. The molecule has 758 valence electrons. The van der Waals surface area contributed by atoms with Gasteiger partial charge in [0, 0.05) is 176 Å². The van der Waals surface area contributed by atoms with Gasteiger partial charge < -0.3 is 30.2 Å². The Kier molecular flexibility index (Phi) is 25.3. The molecule has 15 aromatic heterocycles. The molecule has 20 aromatic rings. The average Bonchev–Trinajstić information content (AvgIpc) is 1.33. The number of aromatic amines is 10. The summed E-state index contributed by atoms with van der Waals surface area (Å²) in [5.41, 5.74) is 39.7. The van der Waals surface area contributed by atoms with E-state index in [9.17, 15) is 4.79 Å². The van der Waals surface area contributed by atoms with Gasteiger partial charge in [-0.05, 0) is 287 Å². The van der Waals surface area contributed by atoms with E-state index in [1.54, 1.807) is 0 Å². The van der Waals surface area contributed by atoms with E-state index >= 15 is 0 Å². The number of piperidine rings is 3. The van der Waals surface area contributed by atoms with E-state index in [-0.39, 0.29) is 17.2 Å². The molecule has 12 N–H and O–H groups in total. The van der Waals surface area contributed by atoms with Gasteiger partial charge in [0.15, 0.2) is 5.82 Å². The molecule has 0 radical (unpaired) electrons. The maximum Gasteiger partial charge on any atom is 0.228 e. The molecule has 0 bridgehead atoms. The molecule has 19 heterocycles. The first-order valence-electron chi connectivity index (χ1n) is 54.6. The van der Waals surface area contributed by atoms with E-state index in [4.69, 9.17) is 24.9 Å². The van der Waals surface area contributed by atoms with Crippen molar-refractivity contribution in [3.8, 4) is 56.3 Å². The van der Waals surface area contributed by atoms with E-state index in [0.29, 0.717) is 23.6 Å². The zero-order valence-electron chi connectivity index (χ0n) is 86.3. The molecule has 148 heavy (non-hydrogen) atoms. The van der Waals surface area contributed by atoms with Crippen molar-refractivity contribution < 1.29 is 4.79 Å². The monoisotopic (exact) mass is 1980 g/mol. The number of nitrogens with one attached hydrogen (secondary N) is 12. The number of aromatic nitrogens is 25. The molecule has 29 rings (SSSR count). The average molecular weight is 1980 g/mol. The SMILES string of the molecule is Cc1[nH]ncc1-c1cc(C(C)(C)C)c2c(n1)c(N1CCCCC1)cc1[nH]ncc12.Cc1[nH]ncc1-c1cc(C2CCC2)c2c(n1)c(N1CCCCC1)cc1[nH]ncc12.Cc1[nH]ncc1-c1cc(C2CCCC2)c2c(n1)c(N1CCCCC1)cc1[nH]ncc12.Cc1[nH]ncc1-c1cc(C2CCCCC2)c2c(n1)c(N1CCNCC1)cc1[nH]ncc12.Cc1[nH]ncc1-c1nc2ccc3[nH]nc(NC(=O)C4CC4)c3c2c2c1CCCC2. The Morgan fingerprint density at radius 3 is 1.05 bits per heavy atom. The van der Waals surface area contributed by atoms with Gasteiger partial charge in [0.25, 0.3) is 0 Å². The van der Waals surface area contributed by atoms with E-state index in [0.717, 1.165) is 260 Å². The third-order valence-corrected chi connectivity index (χ3v) is 33.5. The second-order valence-corrected chi connectivity index (χ2v) is 44.1. The fourth-order valence-electron chi connectivity index (χ4n) is 25.1. The summed E-state index contributed by atoms with van der Waals surface area (Å²) in [5, 5.41) is 93.1. The number of piperazine rings is 1. The van der Waals surface area contributed by atoms with Gasteiger partial charge >= 0.3 is 0 Å². The molecular formula is C116H133N31O. The molecule has 4 aliphatic heterocycles. The maximum atomic E-state index is 12.4. The number of aryl methyl sites for hydroxylation is 6. The van der Waals surface area contributed by atoms with Gasteiger partial charge in [0.2, 0.25) is 5.91 Å². The minimum absolute atomic E-state index is 0.0295. The molecule has 32 heteroatoms. The smallest absolute Gasteiger partial charge is 0.228 e. The lowest BCUT2D eigenvalue weighted by Crippen LogP contribution is -2.43. The number of hydrogen-bond acceptors (Lipinski definition) is 21. The van der Waals surface area contributed by atoms with Crippen LogP contribution >= 0.6 is 0 Å². The van der Waals surface area contributed by atoms with E-state index < -0.39 is 0 Å². The summed E-state index contributed by atoms with van der Waals surface area (Å²) in [7, 11) is 0. The van der Waals surface area contributed by atoms with Gasteiger partial charge in [-0.3, -0.25) is 55.8 Å². The molecule has 4 saturated heterocycles. The van der Waals surface area contributed by atoms with Crippen molar-refractivity contribution >= 4 is 144 Å². The Labute approximate surface area is 858 Å². The number of carbonyl (C=O) groups is 1. The zero-order valence-corrected chi connectivity index (χ0v) is 86.3. The van der Waals surface area contributed by atoms with Crippen LogP contribution in [0.25, 0.3) is 165 Å². The molecular weight excluding hydrogens is 1840 g/mol. The molecule has 0 spiro atoms. The van der Waals surface area contributed by atoms with E-state index in [1.807, 2.05) is 68.8 Å². The first-order valence-corrected chi connectivity index (χ1v) is 54.6. The number of rotatable bonds is 14. The second kappa shape index (κ2) is 39.8. The molecule has 32 nitrogen and oxygen atoms in total. The van der Waals surface area contributed by atoms with Crippen LogP contribution in [0.3, 0.4) is 0 Å². The van der Waals surface area contributed by atoms with Crippen LogP contribution in [0.5, 0.6) is 0 Å². The number of H-pyrrole nitrogens is 10. The number of hydrogen-bond donors (Lipinski definition) is 12. The normalized spacial score (nSPS) is 17.2. The van der Waals surface area contributed by atoms with E-state index in [1.165, 1.54) is 229 Å². The first-order chi connectivity index (χ1) is 72.5. The number of amides is 1. The lowest BCUT2D eigenvalue weighted by molar-refractivity contribution is -0.117. The van der Waals surface area contributed by atoms with Gasteiger partial charge in [0.05, 0.1) is 168 Å². The molecule has 0 unspecified atom stereocenters. The Morgan fingerprint density at radius 1 is 0.324 bits per heavy atom.